The minimum absolute atomic E-state index is 0.0644. The molecule has 426 valence electrons. The molecule has 2 aliphatic carbocycles. The molecule has 16 heteroatoms. The summed E-state index contributed by atoms with van der Waals surface area (Å²) >= 11 is 8.09. The van der Waals surface area contributed by atoms with Gasteiger partial charge in [-0.1, -0.05) is 113 Å². The Morgan fingerprint density at radius 3 is 2.29 bits per heavy atom. The van der Waals surface area contributed by atoms with Crippen molar-refractivity contribution in [2.45, 2.75) is 153 Å². The molecule has 5 aromatic rings. The number of halogens is 1. The molecule has 0 radical (unpaired) electrons. The normalized spacial score (nSPS) is 19.7. The number of hydrogen-bond donors (Lipinski definition) is 3. The summed E-state index contributed by atoms with van der Waals surface area (Å²) in [5.74, 6) is 1.68. The highest BCUT2D eigenvalue weighted by molar-refractivity contribution is 7.13. The lowest BCUT2D eigenvalue weighted by molar-refractivity contribution is -0.142. The molecule has 10 rings (SSSR count). The van der Waals surface area contributed by atoms with Crippen molar-refractivity contribution >= 4 is 45.7 Å². The minimum atomic E-state index is -0.541. The van der Waals surface area contributed by atoms with Gasteiger partial charge in [0.25, 0.3) is 5.56 Å². The number of methoxy groups -OCH3 is 1. The van der Waals surface area contributed by atoms with Gasteiger partial charge in [0.2, 0.25) is 11.8 Å². The zero-order valence-electron chi connectivity index (χ0n) is 47.6. The first-order valence-electron chi connectivity index (χ1n) is 29.2. The number of rotatable bonds is 18. The van der Waals surface area contributed by atoms with E-state index in [1.165, 1.54) is 68.2 Å². The summed E-state index contributed by atoms with van der Waals surface area (Å²) in [4.78, 5) is 55.6. The van der Waals surface area contributed by atoms with Gasteiger partial charge in [0.15, 0.2) is 0 Å². The van der Waals surface area contributed by atoms with Crippen molar-refractivity contribution in [2.24, 2.45) is 17.1 Å². The monoisotopic (exact) mass is 1120 g/mol. The molecule has 5 aliphatic rings. The molecule has 3 aromatic carbocycles. The van der Waals surface area contributed by atoms with Crippen LogP contribution in [-0.4, -0.2) is 115 Å². The molecule has 2 amide bonds. The number of allylic oxidation sites excluding steroid dienone is 1. The smallest absolute Gasteiger partial charge is 0.282 e. The first-order valence-corrected chi connectivity index (χ1v) is 30.5. The number of ether oxygens (including phenoxy) is 3. The maximum absolute atomic E-state index is 14.1. The fourth-order valence-corrected chi connectivity index (χ4v) is 14.0. The van der Waals surface area contributed by atoms with Gasteiger partial charge in [0.1, 0.15) is 17.9 Å². The number of carbonyl (C=O) groups is 2. The van der Waals surface area contributed by atoms with Crippen molar-refractivity contribution in [3.63, 3.8) is 0 Å². The number of nitrogens with one attached hydrogen (secondary N) is 2. The van der Waals surface area contributed by atoms with Gasteiger partial charge in [0, 0.05) is 32.2 Å². The van der Waals surface area contributed by atoms with Gasteiger partial charge in [-0.2, -0.15) is 4.98 Å². The number of piperidine rings is 1. The van der Waals surface area contributed by atoms with Crippen LogP contribution in [0, 0.1) is 18.3 Å². The zero-order chi connectivity index (χ0) is 55.7. The largest absolute Gasteiger partial charge is 0.401 e. The summed E-state index contributed by atoms with van der Waals surface area (Å²) < 4.78 is 18.7. The number of likely N-dealkylation sites (tertiary alicyclic amines) is 2. The van der Waals surface area contributed by atoms with Gasteiger partial charge in [-0.25, -0.2) is 4.98 Å². The van der Waals surface area contributed by atoms with E-state index in [9.17, 15) is 14.4 Å². The molecule has 0 bridgehead atoms. The Labute approximate surface area is 477 Å². The molecule has 3 atom stereocenters. The Bertz CT molecular complexity index is 2950. The Kier molecular flexibility index (Phi) is 19.7. The van der Waals surface area contributed by atoms with E-state index in [4.69, 9.17) is 36.5 Å². The van der Waals surface area contributed by atoms with E-state index in [0.29, 0.717) is 74.7 Å². The third-order valence-electron chi connectivity index (χ3n) is 17.4. The zero-order valence-corrected chi connectivity index (χ0v) is 49.2. The Morgan fingerprint density at radius 2 is 1.59 bits per heavy atom. The molecule has 79 heavy (non-hydrogen) atoms. The average Bonchev–Trinajstić information content (AvgIpc) is 3.13. The molecular weight excluding hydrogens is 1030 g/mol. The van der Waals surface area contributed by atoms with Crippen LogP contribution in [0.4, 0.5) is 0 Å². The first kappa shape index (κ1) is 58.5. The molecule has 2 saturated carbocycles. The van der Waals surface area contributed by atoms with E-state index >= 15 is 0 Å². The van der Waals surface area contributed by atoms with Crippen molar-refractivity contribution in [3.8, 4) is 16.1 Å². The van der Waals surface area contributed by atoms with Crippen LogP contribution in [0.25, 0.3) is 27.0 Å². The maximum atomic E-state index is 14.1. The number of carbonyl (C=O) groups excluding carboxylic acids is 2. The molecule has 5 heterocycles. The van der Waals surface area contributed by atoms with E-state index in [1.807, 2.05) is 30.8 Å². The maximum Gasteiger partial charge on any atom is 0.282 e. The Hall–Kier alpha value is -5.16. The van der Waals surface area contributed by atoms with E-state index in [2.05, 4.69) is 95.4 Å². The second-order valence-electron chi connectivity index (χ2n) is 23.8. The van der Waals surface area contributed by atoms with Crippen LogP contribution in [0.5, 0.6) is 0 Å². The van der Waals surface area contributed by atoms with Crippen LogP contribution >= 0.6 is 22.9 Å². The van der Waals surface area contributed by atoms with Crippen LogP contribution < -0.4 is 21.9 Å². The molecule has 1 spiro atoms. The summed E-state index contributed by atoms with van der Waals surface area (Å²) in [5.41, 5.74) is 16.4. The average molecular weight is 1120 g/mol. The number of nitrogens with two attached hydrogens (primary N) is 1. The molecule has 3 aliphatic heterocycles. The predicted molar refractivity (Wildman–Crippen MR) is 317 cm³/mol. The van der Waals surface area contributed by atoms with Crippen LogP contribution in [0.1, 0.15) is 157 Å². The molecule has 3 unspecified atom stereocenters. The van der Waals surface area contributed by atoms with Crippen molar-refractivity contribution in [1.82, 2.24) is 35.0 Å². The van der Waals surface area contributed by atoms with Crippen molar-refractivity contribution in [3.05, 3.63) is 122 Å². The fourth-order valence-electron chi connectivity index (χ4n) is 12.9. The van der Waals surface area contributed by atoms with E-state index < -0.39 is 12.1 Å². The number of thiazole rings is 1. The van der Waals surface area contributed by atoms with Gasteiger partial charge in [-0.3, -0.25) is 19.0 Å². The second-order valence-corrected chi connectivity index (χ2v) is 25.1. The molecule has 2 saturated heterocycles. The van der Waals surface area contributed by atoms with E-state index in [0.717, 1.165) is 83.9 Å². The van der Waals surface area contributed by atoms with E-state index in [-0.39, 0.29) is 34.2 Å². The highest BCUT2D eigenvalue weighted by Gasteiger charge is 2.47. The Morgan fingerprint density at radius 1 is 0.886 bits per heavy atom. The van der Waals surface area contributed by atoms with Crippen molar-refractivity contribution in [2.75, 3.05) is 66.8 Å². The van der Waals surface area contributed by atoms with Gasteiger partial charge in [-0.15, -0.1) is 11.3 Å². The molecular formula is C63H85ClN8O6S. The third-order valence-corrected chi connectivity index (χ3v) is 18.7. The summed E-state index contributed by atoms with van der Waals surface area (Å²) in [6.45, 7) is 13.5. The van der Waals surface area contributed by atoms with Gasteiger partial charge >= 0.3 is 0 Å². The van der Waals surface area contributed by atoms with Crippen LogP contribution in [0.15, 0.2) is 82.9 Å². The van der Waals surface area contributed by atoms with Gasteiger partial charge < -0.3 is 40.4 Å². The second kappa shape index (κ2) is 26.6. The lowest BCUT2D eigenvalue weighted by Gasteiger charge is -2.36. The molecule has 14 nitrogen and oxygen atoms in total. The van der Waals surface area contributed by atoms with Crippen molar-refractivity contribution < 1.29 is 23.8 Å². The predicted octanol–water partition coefficient (Wildman–Crippen LogP) is 11.1. The van der Waals surface area contributed by atoms with E-state index in [1.54, 1.807) is 29.4 Å². The summed E-state index contributed by atoms with van der Waals surface area (Å²) in [7, 11) is 3.85. The molecule has 4 N–H and O–H groups in total. The van der Waals surface area contributed by atoms with Crippen LogP contribution in [0.2, 0.25) is 5.02 Å². The topological polar surface area (TPSA) is 166 Å². The SMILES string of the molecule is CN1CCC(c2ccc3c(c2)-n2c(nc(=O)c4c(Cl)cccc42)C32CCCCC2)CC1.COCCOCCOCCC(NC(=O)C1CCCN1C(=O)C(N/C=C(\N)C1CCCCC1)C(C)(C)C)c1ccc(-c2scnc2C)cc1. The number of aryl methyl sites for hydroxylation is 1. The van der Waals surface area contributed by atoms with Crippen LogP contribution in [-0.2, 0) is 29.2 Å². The number of aromatic nitrogens is 3. The highest BCUT2D eigenvalue weighted by atomic mass is 35.5. The van der Waals surface area contributed by atoms with Gasteiger partial charge in [-0.05, 0) is 143 Å². The van der Waals surface area contributed by atoms with Crippen molar-refractivity contribution in [1.29, 1.82) is 0 Å². The van der Waals surface area contributed by atoms with Gasteiger partial charge in [0.05, 0.1) is 75.6 Å². The summed E-state index contributed by atoms with van der Waals surface area (Å²) in [6, 6.07) is 19.8. The number of amides is 2. The number of nitrogens with zero attached hydrogens (tertiary/aromatic N) is 5. The number of hydrogen-bond acceptors (Lipinski definition) is 12. The summed E-state index contributed by atoms with van der Waals surface area (Å²) in [6.07, 6.45) is 17.8. The highest BCUT2D eigenvalue weighted by Crippen LogP contribution is 2.52. The fraction of sp³-hybridized carbons (Fsp3) is 0.571. The standard InChI is InChI=1S/C37H57N5O5S.C26H28ClN3O/c1-26-33(48-25-40-26)29-15-13-28(14-16-29)31(17-19-46-22-23-47-21-20-45-5)41-35(43)32-12-9-18-42(32)36(44)34(37(2,3)4)39-24-30(38)27-10-7-6-8-11-27;1-29-14-10-17(11-15-29)18-8-9-19-22(16-18)30-21-7-5-6-20(27)23(21)24(31)28-25(30)26(19)12-3-2-4-13-26/h13-16,24-25,27,31-32,34,39H,6-12,17-23,38H2,1-5H3,(H,41,43);5-9,16-17H,2-4,10-15H2,1H3/b30-24-;. The number of fused-ring (bicyclic) bond motifs is 7. The quantitative estimate of drug-likeness (QED) is 0.0715. The lowest BCUT2D eigenvalue weighted by Crippen LogP contribution is -2.56. The minimum Gasteiger partial charge on any atom is -0.401 e. The Balaban J connectivity index is 0.000000208. The van der Waals surface area contributed by atoms with Crippen LogP contribution in [0.3, 0.4) is 0 Å². The molecule has 4 fully saturated rings. The lowest BCUT2D eigenvalue weighted by atomic mass is 9.69. The third kappa shape index (κ3) is 13.5. The first-order chi connectivity index (χ1) is 38.2. The molecule has 2 aromatic heterocycles. The summed E-state index contributed by atoms with van der Waals surface area (Å²) in [5, 5.41) is 7.71. The number of benzene rings is 3.